The molecule has 0 saturated carbocycles. The van der Waals surface area contributed by atoms with Gasteiger partial charge in [-0.3, -0.25) is 9.59 Å². The smallest absolute Gasteiger partial charge is 0.324 e. The van der Waals surface area contributed by atoms with Gasteiger partial charge in [0.15, 0.2) is 0 Å². The third-order valence-electron chi connectivity index (χ3n) is 2.26. The summed E-state index contributed by atoms with van der Waals surface area (Å²) in [6.07, 6.45) is -0.604. The highest BCUT2D eigenvalue weighted by atomic mass is 79.9. The molecular formula is C11H14BrNO4. The van der Waals surface area contributed by atoms with Crippen LogP contribution in [0.4, 0.5) is 0 Å². The average Bonchev–Trinajstić information content (AvgIpc) is 2.17. The molecule has 94 valence electrons. The average molecular weight is 304 g/mol. The minimum Gasteiger partial charge on any atom is -0.481 e. The fourth-order valence-corrected chi connectivity index (χ4v) is 1.44. The molecule has 1 unspecified atom stereocenters. The summed E-state index contributed by atoms with van der Waals surface area (Å²) in [7, 11) is 0. The lowest BCUT2D eigenvalue weighted by molar-refractivity contribution is -0.149. The Morgan fingerprint density at radius 2 is 1.71 bits per heavy atom. The Kier molecular flexibility index (Phi) is 5.84. The van der Waals surface area contributed by atoms with Crippen LogP contribution in [0.2, 0.25) is 0 Å². The van der Waals surface area contributed by atoms with Crippen LogP contribution in [0, 0.1) is 0 Å². The second-order valence-electron chi connectivity index (χ2n) is 3.69. The van der Waals surface area contributed by atoms with Crippen LogP contribution < -0.4 is 5.73 Å². The van der Waals surface area contributed by atoms with Crippen LogP contribution >= 0.6 is 17.0 Å². The van der Waals surface area contributed by atoms with Crippen molar-refractivity contribution in [2.45, 2.75) is 18.4 Å². The fourth-order valence-electron chi connectivity index (χ4n) is 1.44. The van der Waals surface area contributed by atoms with Crippen molar-refractivity contribution in [1.29, 1.82) is 0 Å². The first kappa shape index (κ1) is 15.6. The summed E-state index contributed by atoms with van der Waals surface area (Å²) >= 11 is 0. The first-order valence-corrected chi connectivity index (χ1v) is 4.72. The number of nitrogens with two attached hydrogens (primary N) is 1. The third kappa shape index (κ3) is 4.54. The van der Waals surface area contributed by atoms with Gasteiger partial charge in [0.25, 0.3) is 0 Å². The van der Waals surface area contributed by atoms with E-state index in [-0.39, 0.29) is 23.4 Å². The summed E-state index contributed by atoms with van der Waals surface area (Å²) in [6.45, 7) is 0. The maximum atomic E-state index is 11.0. The van der Waals surface area contributed by atoms with Crippen LogP contribution in [0.15, 0.2) is 30.3 Å². The molecule has 1 atom stereocenters. The van der Waals surface area contributed by atoms with Crippen molar-refractivity contribution in [3.05, 3.63) is 35.9 Å². The molecule has 0 aliphatic heterocycles. The van der Waals surface area contributed by atoms with Crippen molar-refractivity contribution in [2.75, 3.05) is 0 Å². The monoisotopic (exact) mass is 303 g/mol. The fraction of sp³-hybridized carbons (Fsp3) is 0.273. The van der Waals surface area contributed by atoms with Crippen LogP contribution in [-0.2, 0) is 16.0 Å². The molecule has 0 fully saturated rings. The molecule has 5 nitrogen and oxygen atoms in total. The zero-order valence-corrected chi connectivity index (χ0v) is 10.7. The lowest BCUT2D eigenvalue weighted by atomic mass is 9.89. The molecule has 1 rings (SSSR count). The van der Waals surface area contributed by atoms with E-state index in [1.54, 1.807) is 30.3 Å². The molecule has 0 bridgehead atoms. The minimum absolute atomic E-state index is 0. The summed E-state index contributed by atoms with van der Waals surface area (Å²) in [5, 5.41) is 17.6. The molecule has 17 heavy (non-hydrogen) atoms. The summed E-state index contributed by atoms with van der Waals surface area (Å²) in [6, 6.07) is 8.72. The topological polar surface area (TPSA) is 101 Å². The van der Waals surface area contributed by atoms with Crippen molar-refractivity contribution in [3.63, 3.8) is 0 Å². The minimum atomic E-state index is -1.76. The van der Waals surface area contributed by atoms with E-state index < -0.39 is 23.9 Å². The van der Waals surface area contributed by atoms with Gasteiger partial charge in [-0.25, -0.2) is 0 Å². The molecular weight excluding hydrogens is 290 g/mol. The van der Waals surface area contributed by atoms with Crippen molar-refractivity contribution in [1.82, 2.24) is 0 Å². The second-order valence-corrected chi connectivity index (χ2v) is 3.69. The normalized spacial score (nSPS) is 13.2. The number of aliphatic carboxylic acids is 2. The first-order chi connectivity index (χ1) is 7.44. The van der Waals surface area contributed by atoms with E-state index in [1.807, 2.05) is 0 Å². The summed E-state index contributed by atoms with van der Waals surface area (Å²) < 4.78 is 0. The van der Waals surface area contributed by atoms with Crippen LogP contribution in [0.25, 0.3) is 0 Å². The quantitative estimate of drug-likeness (QED) is 0.755. The molecule has 6 heteroatoms. The third-order valence-corrected chi connectivity index (χ3v) is 2.26. The van der Waals surface area contributed by atoms with Crippen molar-refractivity contribution < 1.29 is 19.8 Å². The Morgan fingerprint density at radius 1 is 1.18 bits per heavy atom. The van der Waals surface area contributed by atoms with E-state index in [1.165, 1.54) is 0 Å². The number of benzene rings is 1. The molecule has 0 aliphatic rings. The van der Waals surface area contributed by atoms with Gasteiger partial charge in [0.1, 0.15) is 5.54 Å². The van der Waals surface area contributed by atoms with Gasteiger partial charge in [0.2, 0.25) is 0 Å². The molecule has 0 heterocycles. The van der Waals surface area contributed by atoms with E-state index in [4.69, 9.17) is 15.9 Å². The SMILES string of the molecule is Br.NC(CC(=O)O)(Cc1ccccc1)C(=O)O. The molecule has 1 aromatic carbocycles. The molecule has 1 aromatic rings. The highest BCUT2D eigenvalue weighted by molar-refractivity contribution is 8.93. The van der Waals surface area contributed by atoms with E-state index in [0.717, 1.165) is 0 Å². The first-order valence-electron chi connectivity index (χ1n) is 4.72. The van der Waals surface area contributed by atoms with Crippen molar-refractivity contribution in [3.8, 4) is 0 Å². The van der Waals surface area contributed by atoms with E-state index in [0.29, 0.717) is 5.56 Å². The zero-order valence-electron chi connectivity index (χ0n) is 9.00. The Labute approximate surface area is 109 Å². The second kappa shape index (κ2) is 6.36. The number of carboxylic acid groups (broad SMARTS) is 2. The van der Waals surface area contributed by atoms with E-state index in [2.05, 4.69) is 0 Å². The molecule has 4 N–H and O–H groups in total. The Hall–Kier alpha value is -1.40. The van der Waals surface area contributed by atoms with Crippen LogP contribution in [0.3, 0.4) is 0 Å². The lowest BCUT2D eigenvalue weighted by Gasteiger charge is -2.22. The van der Waals surface area contributed by atoms with Gasteiger partial charge >= 0.3 is 11.9 Å². The molecule has 0 aromatic heterocycles. The predicted molar refractivity (Wildman–Crippen MR) is 67.3 cm³/mol. The maximum absolute atomic E-state index is 11.0. The van der Waals surface area contributed by atoms with E-state index in [9.17, 15) is 9.59 Å². The van der Waals surface area contributed by atoms with Gasteiger partial charge in [-0.15, -0.1) is 17.0 Å². The maximum Gasteiger partial charge on any atom is 0.324 e. The highest BCUT2D eigenvalue weighted by Crippen LogP contribution is 2.15. The van der Waals surface area contributed by atoms with Gasteiger partial charge in [0, 0.05) is 6.42 Å². The zero-order chi connectivity index (χ0) is 12.2. The van der Waals surface area contributed by atoms with Crippen LogP contribution in [0.5, 0.6) is 0 Å². The van der Waals surface area contributed by atoms with Crippen molar-refractivity contribution in [2.24, 2.45) is 5.73 Å². The molecule has 0 saturated heterocycles. The number of halogens is 1. The Morgan fingerprint density at radius 3 is 2.12 bits per heavy atom. The van der Waals surface area contributed by atoms with Gasteiger partial charge < -0.3 is 15.9 Å². The number of carboxylic acids is 2. The lowest BCUT2D eigenvalue weighted by Crippen LogP contribution is -2.51. The standard InChI is InChI=1S/C11H13NO4.BrH/c12-11(10(15)16,7-9(13)14)6-8-4-2-1-3-5-8;/h1-5H,6-7,12H2,(H,13,14)(H,15,16);1H. The molecule has 0 amide bonds. The van der Waals surface area contributed by atoms with Gasteiger partial charge in [-0.05, 0) is 5.56 Å². The summed E-state index contributed by atoms with van der Waals surface area (Å²) in [5.41, 5.74) is 4.54. The summed E-state index contributed by atoms with van der Waals surface area (Å²) in [5.74, 6) is -2.53. The molecule has 0 radical (unpaired) electrons. The van der Waals surface area contributed by atoms with Gasteiger partial charge in [-0.1, -0.05) is 30.3 Å². The largest absolute Gasteiger partial charge is 0.481 e. The van der Waals surface area contributed by atoms with Gasteiger partial charge in [-0.2, -0.15) is 0 Å². The Bertz CT molecular complexity index is 396. The predicted octanol–water partition coefficient (Wildman–Crippen LogP) is 1.06. The highest BCUT2D eigenvalue weighted by Gasteiger charge is 2.36. The number of rotatable bonds is 5. The van der Waals surface area contributed by atoms with Crippen LogP contribution in [-0.4, -0.2) is 27.7 Å². The van der Waals surface area contributed by atoms with E-state index >= 15 is 0 Å². The summed E-state index contributed by atoms with van der Waals surface area (Å²) in [4.78, 5) is 21.5. The van der Waals surface area contributed by atoms with Crippen molar-refractivity contribution >= 4 is 28.9 Å². The molecule has 0 spiro atoms. The molecule has 0 aliphatic carbocycles. The number of hydrogen-bond acceptors (Lipinski definition) is 3. The number of carbonyl (C=O) groups is 2. The number of hydrogen-bond donors (Lipinski definition) is 3. The van der Waals surface area contributed by atoms with Crippen LogP contribution in [0.1, 0.15) is 12.0 Å². The van der Waals surface area contributed by atoms with Gasteiger partial charge in [0.05, 0.1) is 6.42 Å². The Balaban J connectivity index is 0.00000256.